The van der Waals surface area contributed by atoms with E-state index < -0.39 is 54.3 Å². The lowest BCUT2D eigenvalue weighted by Crippen LogP contribution is -2.53. The minimum absolute atomic E-state index is 0.158. The zero-order valence-corrected chi connectivity index (χ0v) is 14.1. The van der Waals surface area contributed by atoms with E-state index in [1.165, 1.54) is 12.5 Å². The molecule has 12 heteroatoms. The first kappa shape index (κ1) is 19.0. The van der Waals surface area contributed by atoms with Crippen LogP contribution in [0.1, 0.15) is 11.9 Å². The van der Waals surface area contributed by atoms with E-state index in [0.29, 0.717) is 5.69 Å². The molecule has 2 aromatic rings. The molecule has 0 aromatic carbocycles. The highest BCUT2D eigenvalue weighted by Crippen LogP contribution is 2.28. The molecule has 27 heavy (non-hydrogen) atoms. The summed E-state index contributed by atoms with van der Waals surface area (Å²) in [4.78, 5) is 44.5. The number of nitrogens with two attached hydrogens (primary N) is 1. The predicted molar refractivity (Wildman–Crippen MR) is 90.5 cm³/mol. The largest absolute Gasteiger partial charge is 0.394 e. The van der Waals surface area contributed by atoms with Crippen LogP contribution >= 0.6 is 0 Å². The summed E-state index contributed by atoms with van der Waals surface area (Å²) in [6, 6.07) is -0.920. The third-order valence-corrected chi connectivity index (χ3v) is 4.31. The van der Waals surface area contributed by atoms with E-state index in [2.05, 4.69) is 20.3 Å². The Balaban J connectivity index is 1.80. The van der Waals surface area contributed by atoms with Crippen molar-refractivity contribution in [2.24, 2.45) is 5.73 Å². The highest BCUT2D eigenvalue weighted by atomic mass is 16.5. The number of amides is 1. The first-order chi connectivity index (χ1) is 12.9. The molecule has 1 aliphatic rings. The first-order valence-electron chi connectivity index (χ1n) is 8.20. The fraction of sp³-hybridized carbons (Fsp3) is 0.467. The van der Waals surface area contributed by atoms with E-state index >= 15 is 0 Å². The van der Waals surface area contributed by atoms with Crippen LogP contribution in [0.15, 0.2) is 34.4 Å². The molecular weight excluding hydrogens is 360 g/mol. The second-order valence-corrected chi connectivity index (χ2v) is 6.16. The van der Waals surface area contributed by atoms with Gasteiger partial charge in [-0.05, 0) is 0 Å². The minimum atomic E-state index is -1.29. The van der Waals surface area contributed by atoms with E-state index in [9.17, 15) is 24.6 Å². The smallest absolute Gasteiger partial charge is 0.330 e. The summed E-state index contributed by atoms with van der Waals surface area (Å²) in [5.41, 5.74) is 5.08. The molecule has 1 fully saturated rings. The molecule has 3 rings (SSSR count). The van der Waals surface area contributed by atoms with Crippen LogP contribution < -0.4 is 22.3 Å². The van der Waals surface area contributed by atoms with Crippen molar-refractivity contribution in [2.45, 2.75) is 36.9 Å². The van der Waals surface area contributed by atoms with Gasteiger partial charge in [0.2, 0.25) is 5.91 Å². The van der Waals surface area contributed by atoms with Crippen molar-refractivity contribution in [1.29, 1.82) is 0 Å². The van der Waals surface area contributed by atoms with Crippen LogP contribution in [0.25, 0.3) is 0 Å². The number of nitrogens with zero attached hydrogens (tertiary/aromatic N) is 2. The van der Waals surface area contributed by atoms with Gasteiger partial charge in [-0.15, -0.1) is 0 Å². The quantitative estimate of drug-likeness (QED) is 0.298. The zero-order chi connectivity index (χ0) is 19.6. The third-order valence-electron chi connectivity index (χ3n) is 4.31. The Morgan fingerprint density at radius 1 is 1.48 bits per heavy atom. The van der Waals surface area contributed by atoms with Gasteiger partial charge in [0.05, 0.1) is 24.7 Å². The summed E-state index contributed by atoms with van der Waals surface area (Å²) in [6.07, 6.45) is 0.946. The fourth-order valence-electron chi connectivity index (χ4n) is 2.91. The van der Waals surface area contributed by atoms with Gasteiger partial charge in [0, 0.05) is 24.9 Å². The number of hydrogen-bond donors (Lipinski definition) is 6. The van der Waals surface area contributed by atoms with E-state index in [0.717, 1.165) is 10.6 Å². The Labute approximate surface area is 152 Å². The minimum Gasteiger partial charge on any atom is -0.394 e. The summed E-state index contributed by atoms with van der Waals surface area (Å²) >= 11 is 0. The third kappa shape index (κ3) is 3.98. The van der Waals surface area contributed by atoms with E-state index in [1.807, 2.05) is 0 Å². The van der Waals surface area contributed by atoms with Crippen LogP contribution in [0.3, 0.4) is 0 Å². The van der Waals surface area contributed by atoms with Crippen molar-refractivity contribution in [3.05, 3.63) is 51.3 Å². The van der Waals surface area contributed by atoms with Gasteiger partial charge < -0.3 is 31.0 Å². The molecule has 0 unspecified atom stereocenters. The number of aromatic nitrogens is 4. The van der Waals surface area contributed by atoms with Crippen molar-refractivity contribution < 1.29 is 19.7 Å². The number of ether oxygens (including phenoxy) is 1. The number of rotatable bonds is 6. The highest BCUT2D eigenvalue weighted by Gasteiger charge is 2.45. The number of carbonyl (C=O) groups excluding carboxylic acids is 1. The molecule has 1 amide bonds. The van der Waals surface area contributed by atoms with Gasteiger partial charge in [-0.3, -0.25) is 19.1 Å². The summed E-state index contributed by atoms with van der Waals surface area (Å²) in [5, 5.41) is 22.3. The lowest BCUT2D eigenvalue weighted by atomic mass is 10.1. The molecule has 1 saturated heterocycles. The monoisotopic (exact) mass is 380 g/mol. The molecule has 3 heterocycles. The number of aliphatic hydroxyl groups is 2. The maximum Gasteiger partial charge on any atom is 0.330 e. The molecule has 0 saturated carbocycles. The first-order valence-corrected chi connectivity index (χ1v) is 8.20. The zero-order valence-electron chi connectivity index (χ0n) is 14.1. The number of nitrogens with one attached hydrogen (secondary N) is 3. The van der Waals surface area contributed by atoms with Crippen molar-refractivity contribution in [2.75, 3.05) is 6.61 Å². The normalized spacial score (nSPS) is 26.0. The van der Waals surface area contributed by atoms with Crippen LogP contribution in [-0.2, 0) is 16.0 Å². The Hall–Kier alpha value is -2.80. The predicted octanol–water partition coefficient (Wildman–Crippen LogP) is -3.43. The molecule has 2 aromatic heterocycles. The average Bonchev–Trinajstić information content (AvgIpc) is 3.24. The Bertz CT molecular complexity index is 893. The Kier molecular flexibility index (Phi) is 5.51. The number of aromatic amines is 2. The molecule has 146 valence electrons. The Morgan fingerprint density at radius 3 is 2.89 bits per heavy atom. The lowest BCUT2D eigenvalue weighted by Gasteiger charge is -2.24. The van der Waals surface area contributed by atoms with Gasteiger partial charge in [-0.1, -0.05) is 0 Å². The second-order valence-electron chi connectivity index (χ2n) is 6.16. The number of H-pyrrole nitrogens is 2. The van der Waals surface area contributed by atoms with E-state index in [1.54, 1.807) is 6.20 Å². The summed E-state index contributed by atoms with van der Waals surface area (Å²) in [7, 11) is 0. The van der Waals surface area contributed by atoms with Gasteiger partial charge in [0.25, 0.3) is 5.56 Å². The van der Waals surface area contributed by atoms with Crippen molar-refractivity contribution in [3.8, 4) is 0 Å². The molecule has 5 atom stereocenters. The highest BCUT2D eigenvalue weighted by molar-refractivity contribution is 5.82. The van der Waals surface area contributed by atoms with E-state index in [-0.39, 0.29) is 6.42 Å². The Morgan fingerprint density at radius 2 is 2.26 bits per heavy atom. The molecule has 0 spiro atoms. The average molecular weight is 380 g/mol. The van der Waals surface area contributed by atoms with Gasteiger partial charge >= 0.3 is 5.69 Å². The molecule has 0 radical (unpaired) electrons. The molecule has 12 nitrogen and oxygen atoms in total. The number of hydrogen-bond acceptors (Lipinski definition) is 8. The SMILES string of the molecule is N[C@@H](Cc1c[nH]cn1)C(=O)N[C@@H]1[C@H](O)[C@@H](CO)O[C@H]1n1ccc(=O)[nH]c1=O. The molecular formula is C15H20N6O6. The maximum atomic E-state index is 12.4. The van der Waals surface area contributed by atoms with Crippen LogP contribution in [-0.4, -0.2) is 66.5 Å². The van der Waals surface area contributed by atoms with Gasteiger partial charge in [-0.2, -0.15) is 0 Å². The number of imidazole rings is 1. The van der Waals surface area contributed by atoms with E-state index in [4.69, 9.17) is 10.5 Å². The number of aliphatic hydroxyl groups excluding tert-OH is 2. The summed E-state index contributed by atoms with van der Waals surface area (Å²) < 4.78 is 6.52. The summed E-state index contributed by atoms with van der Waals surface area (Å²) in [6.45, 7) is -0.526. The number of carbonyl (C=O) groups is 1. The molecule has 0 aliphatic carbocycles. The fourth-order valence-corrected chi connectivity index (χ4v) is 2.91. The van der Waals surface area contributed by atoms with Gasteiger partial charge in [0.15, 0.2) is 6.23 Å². The van der Waals surface area contributed by atoms with Crippen LogP contribution in [0.5, 0.6) is 0 Å². The standard InChI is InChI=1S/C15H20N6O6/c16-8(3-7-4-17-6-18-7)13(25)20-11-12(24)9(5-22)27-14(11)21-2-1-10(23)19-15(21)26/h1-2,4,6,8-9,11-12,14,22,24H,3,5,16H2,(H,17,18)(H,20,25)(H,19,23,26)/t8-,9+,11+,12+,14+/m0/s1. The van der Waals surface area contributed by atoms with Crippen LogP contribution in [0.2, 0.25) is 0 Å². The van der Waals surface area contributed by atoms with Crippen molar-refractivity contribution in [1.82, 2.24) is 24.8 Å². The lowest BCUT2D eigenvalue weighted by molar-refractivity contribution is -0.124. The molecule has 1 aliphatic heterocycles. The molecule has 7 N–H and O–H groups in total. The van der Waals surface area contributed by atoms with Crippen molar-refractivity contribution in [3.63, 3.8) is 0 Å². The maximum absolute atomic E-state index is 12.4. The van der Waals surface area contributed by atoms with Gasteiger partial charge in [0.1, 0.15) is 18.2 Å². The van der Waals surface area contributed by atoms with Crippen LogP contribution in [0.4, 0.5) is 0 Å². The topological polar surface area (TPSA) is 188 Å². The van der Waals surface area contributed by atoms with Crippen LogP contribution in [0, 0.1) is 0 Å². The van der Waals surface area contributed by atoms with Gasteiger partial charge in [-0.25, -0.2) is 9.78 Å². The summed E-state index contributed by atoms with van der Waals surface area (Å²) in [5.74, 6) is -0.591. The second kappa shape index (κ2) is 7.84. The van der Waals surface area contributed by atoms with Crippen molar-refractivity contribution >= 4 is 5.91 Å². The molecule has 0 bridgehead atoms.